The van der Waals surface area contributed by atoms with Gasteiger partial charge in [0.25, 0.3) is 5.78 Å². The van der Waals surface area contributed by atoms with Crippen LogP contribution in [0, 0.1) is 0 Å². The number of alkyl halides is 3. The maximum atomic E-state index is 13.0. The molecule has 1 N–H and O–H groups in total. The summed E-state index contributed by atoms with van der Waals surface area (Å²) in [5.41, 5.74) is -0.0398. The van der Waals surface area contributed by atoms with Gasteiger partial charge in [0, 0.05) is 12.6 Å². The molecule has 0 fully saturated rings. The SMILES string of the molecule is CCOc1ccccc1CCNc1cc(C(F)(F)F)nc2ncnn12. The van der Waals surface area contributed by atoms with E-state index in [1.165, 1.54) is 4.52 Å². The van der Waals surface area contributed by atoms with E-state index < -0.39 is 11.9 Å². The molecule has 0 saturated heterocycles. The van der Waals surface area contributed by atoms with Crippen LogP contribution in [0.2, 0.25) is 0 Å². The highest BCUT2D eigenvalue weighted by molar-refractivity contribution is 5.46. The van der Waals surface area contributed by atoms with Crippen molar-refractivity contribution in [3.8, 4) is 5.75 Å². The highest BCUT2D eigenvalue weighted by atomic mass is 19.4. The van der Waals surface area contributed by atoms with E-state index in [9.17, 15) is 13.2 Å². The third-order valence-corrected chi connectivity index (χ3v) is 3.52. The lowest BCUT2D eigenvalue weighted by molar-refractivity contribution is -0.141. The molecule has 0 atom stereocenters. The van der Waals surface area contributed by atoms with Crippen LogP contribution < -0.4 is 10.1 Å². The molecule has 3 aromatic rings. The van der Waals surface area contributed by atoms with Crippen LogP contribution in [0.15, 0.2) is 36.7 Å². The molecule has 2 aromatic heterocycles. The summed E-state index contributed by atoms with van der Waals surface area (Å²) in [6, 6.07) is 8.48. The number of rotatable bonds is 6. The summed E-state index contributed by atoms with van der Waals surface area (Å²) in [5.74, 6) is 0.846. The molecular formula is C16H16F3N5O. The van der Waals surface area contributed by atoms with Crippen LogP contribution in [0.3, 0.4) is 0 Å². The molecule has 0 unspecified atom stereocenters. The van der Waals surface area contributed by atoms with Crippen molar-refractivity contribution < 1.29 is 17.9 Å². The van der Waals surface area contributed by atoms with E-state index in [-0.39, 0.29) is 11.6 Å². The second-order valence-corrected chi connectivity index (χ2v) is 5.21. The van der Waals surface area contributed by atoms with Gasteiger partial charge in [-0.2, -0.15) is 27.8 Å². The first-order chi connectivity index (χ1) is 12.0. The van der Waals surface area contributed by atoms with Crippen molar-refractivity contribution in [3.05, 3.63) is 47.9 Å². The summed E-state index contributed by atoms with van der Waals surface area (Å²) < 4.78 is 45.7. The van der Waals surface area contributed by atoms with Crippen molar-refractivity contribution in [2.24, 2.45) is 0 Å². The van der Waals surface area contributed by atoms with Crippen molar-refractivity contribution in [1.82, 2.24) is 19.6 Å². The van der Waals surface area contributed by atoms with Crippen LogP contribution in [-0.2, 0) is 12.6 Å². The van der Waals surface area contributed by atoms with Crippen molar-refractivity contribution in [3.63, 3.8) is 0 Å². The minimum absolute atomic E-state index is 0.105. The number of anilines is 1. The summed E-state index contributed by atoms with van der Waals surface area (Å²) in [6.45, 7) is 2.84. The summed E-state index contributed by atoms with van der Waals surface area (Å²) in [6.07, 6.45) is -2.81. The van der Waals surface area contributed by atoms with Crippen LogP contribution in [0.25, 0.3) is 5.78 Å². The first kappa shape index (κ1) is 17.0. The lowest BCUT2D eigenvalue weighted by Crippen LogP contribution is -2.15. The van der Waals surface area contributed by atoms with Gasteiger partial charge < -0.3 is 10.1 Å². The summed E-state index contributed by atoms with van der Waals surface area (Å²) >= 11 is 0. The largest absolute Gasteiger partial charge is 0.494 e. The van der Waals surface area contributed by atoms with E-state index in [2.05, 4.69) is 20.4 Å². The minimum atomic E-state index is -4.55. The fraction of sp³-hybridized carbons (Fsp3) is 0.312. The molecule has 0 aliphatic heterocycles. The van der Waals surface area contributed by atoms with E-state index in [0.717, 1.165) is 23.7 Å². The monoisotopic (exact) mass is 351 g/mol. The van der Waals surface area contributed by atoms with Crippen LogP contribution in [0.5, 0.6) is 5.75 Å². The van der Waals surface area contributed by atoms with Gasteiger partial charge in [0.1, 0.15) is 17.9 Å². The van der Waals surface area contributed by atoms with Crippen LogP contribution in [0.4, 0.5) is 19.0 Å². The molecule has 3 rings (SSSR count). The summed E-state index contributed by atoms with van der Waals surface area (Å²) in [4.78, 5) is 7.22. The Morgan fingerprint density at radius 2 is 2.04 bits per heavy atom. The topological polar surface area (TPSA) is 64.3 Å². The standard InChI is InChI=1S/C16H16F3N5O/c1-2-25-12-6-4-3-5-11(12)7-8-20-14-9-13(16(17,18)19)23-15-21-10-22-24(14)15/h3-6,9-10,20H,2,7-8H2,1H3. The molecule has 2 heterocycles. The number of halogens is 3. The van der Waals surface area contributed by atoms with Gasteiger partial charge in [-0.05, 0) is 25.0 Å². The van der Waals surface area contributed by atoms with E-state index in [1.54, 1.807) is 0 Å². The van der Waals surface area contributed by atoms with Crippen LogP contribution >= 0.6 is 0 Å². The molecule has 0 saturated carbocycles. The zero-order valence-electron chi connectivity index (χ0n) is 13.4. The zero-order valence-corrected chi connectivity index (χ0v) is 13.4. The van der Waals surface area contributed by atoms with E-state index >= 15 is 0 Å². The highest BCUT2D eigenvalue weighted by Crippen LogP contribution is 2.29. The third kappa shape index (κ3) is 3.81. The second kappa shape index (κ2) is 6.96. The average Bonchev–Trinajstić information content (AvgIpc) is 3.04. The molecule has 1 aromatic carbocycles. The predicted octanol–water partition coefficient (Wildman–Crippen LogP) is 3.20. The Morgan fingerprint density at radius 1 is 1.24 bits per heavy atom. The Morgan fingerprint density at radius 3 is 2.80 bits per heavy atom. The molecule has 132 valence electrons. The molecule has 0 amide bonds. The van der Waals surface area contributed by atoms with Crippen molar-refractivity contribution >= 4 is 11.6 Å². The first-order valence-corrected chi connectivity index (χ1v) is 7.71. The number of ether oxygens (including phenoxy) is 1. The Labute approximate surface area is 141 Å². The quantitative estimate of drug-likeness (QED) is 0.739. The van der Waals surface area contributed by atoms with E-state index in [0.29, 0.717) is 19.6 Å². The van der Waals surface area contributed by atoms with E-state index in [1.807, 2.05) is 31.2 Å². The number of nitrogens with zero attached hydrogens (tertiary/aromatic N) is 4. The number of para-hydroxylation sites is 1. The van der Waals surface area contributed by atoms with Gasteiger partial charge in [0.15, 0.2) is 5.69 Å². The number of nitrogens with one attached hydrogen (secondary N) is 1. The number of hydrogen-bond acceptors (Lipinski definition) is 5. The third-order valence-electron chi connectivity index (χ3n) is 3.52. The van der Waals surface area contributed by atoms with Crippen molar-refractivity contribution in [1.29, 1.82) is 0 Å². The molecule has 25 heavy (non-hydrogen) atoms. The maximum absolute atomic E-state index is 13.0. The normalized spacial score (nSPS) is 11.7. The zero-order chi connectivity index (χ0) is 17.9. The lowest BCUT2D eigenvalue weighted by Gasteiger charge is -2.13. The molecule has 0 spiro atoms. The van der Waals surface area contributed by atoms with Gasteiger partial charge in [0.05, 0.1) is 6.61 Å². The van der Waals surface area contributed by atoms with Crippen LogP contribution in [0.1, 0.15) is 18.2 Å². The number of hydrogen-bond donors (Lipinski definition) is 1. The molecule has 0 bridgehead atoms. The van der Waals surface area contributed by atoms with Gasteiger partial charge in [-0.3, -0.25) is 0 Å². The maximum Gasteiger partial charge on any atom is 0.433 e. The van der Waals surface area contributed by atoms with Gasteiger partial charge in [-0.1, -0.05) is 18.2 Å². The molecule has 6 nitrogen and oxygen atoms in total. The molecular weight excluding hydrogens is 335 g/mol. The Kier molecular flexibility index (Phi) is 4.73. The lowest BCUT2D eigenvalue weighted by atomic mass is 10.1. The first-order valence-electron chi connectivity index (χ1n) is 7.71. The van der Waals surface area contributed by atoms with Crippen LogP contribution in [-0.4, -0.2) is 32.7 Å². The van der Waals surface area contributed by atoms with Crippen molar-refractivity contribution in [2.75, 3.05) is 18.5 Å². The minimum Gasteiger partial charge on any atom is -0.494 e. The highest BCUT2D eigenvalue weighted by Gasteiger charge is 2.34. The fourth-order valence-electron chi connectivity index (χ4n) is 2.42. The van der Waals surface area contributed by atoms with Crippen molar-refractivity contribution in [2.45, 2.75) is 19.5 Å². The molecule has 0 radical (unpaired) electrons. The number of aromatic nitrogens is 4. The number of fused-ring (bicyclic) bond motifs is 1. The smallest absolute Gasteiger partial charge is 0.433 e. The molecule has 0 aliphatic carbocycles. The summed E-state index contributed by atoms with van der Waals surface area (Å²) in [5, 5.41) is 6.87. The average molecular weight is 351 g/mol. The van der Waals surface area contributed by atoms with Gasteiger partial charge in [0.2, 0.25) is 0 Å². The number of benzene rings is 1. The Balaban J connectivity index is 1.78. The molecule has 0 aliphatic rings. The second-order valence-electron chi connectivity index (χ2n) is 5.21. The van der Waals surface area contributed by atoms with Gasteiger partial charge in [-0.25, -0.2) is 4.98 Å². The molecule has 9 heteroatoms. The fourth-order valence-corrected chi connectivity index (χ4v) is 2.42. The van der Waals surface area contributed by atoms with Gasteiger partial charge >= 0.3 is 6.18 Å². The predicted molar refractivity (Wildman–Crippen MR) is 85.6 cm³/mol. The Hall–Kier alpha value is -2.84. The Bertz CT molecular complexity index is 862. The van der Waals surface area contributed by atoms with E-state index in [4.69, 9.17) is 4.74 Å². The van der Waals surface area contributed by atoms with Gasteiger partial charge in [-0.15, -0.1) is 0 Å². The summed E-state index contributed by atoms with van der Waals surface area (Å²) in [7, 11) is 0.